The molecule has 4 nitrogen and oxygen atoms in total. The number of fused-ring (bicyclic) bond motifs is 1. The van der Waals surface area contributed by atoms with Crippen LogP contribution in [0, 0.1) is 12.7 Å². The maximum Gasteiger partial charge on any atom is 0.189 e. The van der Waals surface area contributed by atoms with E-state index in [4.69, 9.17) is 0 Å². The zero-order valence-corrected chi connectivity index (χ0v) is 13.1. The van der Waals surface area contributed by atoms with Crippen LogP contribution in [-0.4, -0.2) is 9.97 Å². The Morgan fingerprint density at radius 2 is 2.27 bits per heavy atom. The predicted molar refractivity (Wildman–Crippen MR) is 86.6 cm³/mol. The third kappa shape index (κ3) is 2.93. The molecular formula is C16H16FN3OS. The Morgan fingerprint density at radius 1 is 1.45 bits per heavy atom. The summed E-state index contributed by atoms with van der Waals surface area (Å²) in [4.78, 5) is 19.5. The fourth-order valence-electron chi connectivity index (χ4n) is 2.33. The molecule has 0 radical (unpaired) electrons. The van der Waals surface area contributed by atoms with Crippen molar-refractivity contribution < 1.29 is 4.39 Å². The zero-order valence-electron chi connectivity index (χ0n) is 12.3. The average molecular weight is 317 g/mol. The summed E-state index contributed by atoms with van der Waals surface area (Å²) in [6.45, 7) is 4.41. The lowest BCUT2D eigenvalue weighted by molar-refractivity contribution is 0.557. The summed E-state index contributed by atoms with van der Waals surface area (Å²) in [5.41, 5.74) is 1.70. The number of hydrogen-bond donors (Lipinski definition) is 2. The summed E-state index contributed by atoms with van der Waals surface area (Å²) >= 11 is 1.60. The Morgan fingerprint density at radius 3 is 3.00 bits per heavy atom. The molecule has 114 valence electrons. The van der Waals surface area contributed by atoms with E-state index >= 15 is 0 Å². The quantitative estimate of drug-likeness (QED) is 0.776. The van der Waals surface area contributed by atoms with Crippen LogP contribution in [0.25, 0.3) is 10.9 Å². The van der Waals surface area contributed by atoms with Crippen molar-refractivity contribution in [3.8, 4) is 0 Å². The number of halogens is 1. The van der Waals surface area contributed by atoms with Crippen molar-refractivity contribution in [3.63, 3.8) is 0 Å². The minimum Gasteiger partial charge on any atom is -0.355 e. The monoisotopic (exact) mass is 317 g/mol. The van der Waals surface area contributed by atoms with Gasteiger partial charge in [0.2, 0.25) is 0 Å². The maximum atomic E-state index is 13.8. The van der Waals surface area contributed by atoms with E-state index in [1.807, 2.05) is 19.2 Å². The number of para-hydroxylation sites is 1. The SMILES string of the molecule is Cc1nc(C(C)NCc2cc(=O)c3cccc(F)c3[nH]2)cs1. The minimum atomic E-state index is -0.417. The van der Waals surface area contributed by atoms with Gasteiger partial charge in [-0.25, -0.2) is 9.37 Å². The predicted octanol–water partition coefficient (Wildman–Crippen LogP) is 3.28. The summed E-state index contributed by atoms with van der Waals surface area (Å²) in [6.07, 6.45) is 0. The normalized spacial score (nSPS) is 12.7. The molecule has 1 unspecified atom stereocenters. The third-order valence-electron chi connectivity index (χ3n) is 3.55. The molecule has 2 aromatic heterocycles. The number of nitrogens with one attached hydrogen (secondary N) is 2. The summed E-state index contributed by atoms with van der Waals surface area (Å²) in [6, 6.07) is 6.07. The molecule has 0 saturated heterocycles. The van der Waals surface area contributed by atoms with Crippen molar-refractivity contribution in [1.82, 2.24) is 15.3 Å². The fourth-order valence-corrected chi connectivity index (χ4v) is 3.04. The number of aryl methyl sites for hydroxylation is 1. The van der Waals surface area contributed by atoms with Gasteiger partial charge in [-0.2, -0.15) is 0 Å². The molecule has 1 aromatic carbocycles. The molecule has 22 heavy (non-hydrogen) atoms. The van der Waals surface area contributed by atoms with E-state index in [9.17, 15) is 9.18 Å². The highest BCUT2D eigenvalue weighted by molar-refractivity contribution is 7.09. The summed E-state index contributed by atoms with van der Waals surface area (Å²) in [5, 5.41) is 6.69. The smallest absolute Gasteiger partial charge is 0.189 e. The van der Waals surface area contributed by atoms with E-state index in [0.29, 0.717) is 17.6 Å². The van der Waals surface area contributed by atoms with E-state index in [-0.39, 0.29) is 17.0 Å². The van der Waals surface area contributed by atoms with Gasteiger partial charge in [-0.15, -0.1) is 11.3 Å². The van der Waals surface area contributed by atoms with E-state index in [2.05, 4.69) is 15.3 Å². The number of pyridine rings is 1. The first-order valence-electron chi connectivity index (χ1n) is 7.00. The summed E-state index contributed by atoms with van der Waals surface area (Å²) in [7, 11) is 0. The Hall–Kier alpha value is -2.05. The second-order valence-corrected chi connectivity index (χ2v) is 6.28. The zero-order chi connectivity index (χ0) is 15.7. The topological polar surface area (TPSA) is 57.8 Å². The Bertz CT molecular complexity index is 871. The van der Waals surface area contributed by atoms with Gasteiger partial charge in [0, 0.05) is 35.1 Å². The number of aromatic amines is 1. The lowest BCUT2D eigenvalue weighted by atomic mass is 10.2. The lowest BCUT2D eigenvalue weighted by Gasteiger charge is -2.12. The molecule has 1 atom stereocenters. The van der Waals surface area contributed by atoms with E-state index in [1.165, 1.54) is 18.2 Å². The first-order chi connectivity index (χ1) is 10.5. The fraction of sp³-hybridized carbons (Fsp3) is 0.250. The number of H-pyrrole nitrogens is 1. The molecule has 0 fully saturated rings. The van der Waals surface area contributed by atoms with Crippen LogP contribution in [0.4, 0.5) is 4.39 Å². The molecule has 0 saturated carbocycles. The summed E-state index contributed by atoms with van der Waals surface area (Å²) in [5.74, 6) is -0.417. The standard InChI is InChI=1S/C16H16FN3OS/c1-9(14-8-22-10(2)19-14)18-7-11-6-15(21)12-4-3-5-13(17)16(12)20-11/h3-6,8-9,18H,7H2,1-2H3,(H,20,21). The van der Waals surface area contributed by atoms with Gasteiger partial charge in [-0.1, -0.05) is 6.07 Å². The molecule has 0 aliphatic rings. The van der Waals surface area contributed by atoms with Crippen molar-refractivity contribution in [2.45, 2.75) is 26.4 Å². The van der Waals surface area contributed by atoms with Gasteiger partial charge in [0.05, 0.1) is 16.2 Å². The molecule has 2 heterocycles. The van der Waals surface area contributed by atoms with Gasteiger partial charge in [0.25, 0.3) is 0 Å². The Balaban J connectivity index is 1.82. The second-order valence-electron chi connectivity index (χ2n) is 5.22. The molecule has 2 N–H and O–H groups in total. The number of benzene rings is 1. The van der Waals surface area contributed by atoms with Gasteiger partial charge in [0.1, 0.15) is 5.82 Å². The van der Waals surface area contributed by atoms with E-state index < -0.39 is 5.82 Å². The Kier molecular flexibility index (Phi) is 4.04. The average Bonchev–Trinajstić information content (AvgIpc) is 2.93. The van der Waals surface area contributed by atoms with Crippen molar-refractivity contribution in [2.24, 2.45) is 0 Å². The van der Waals surface area contributed by atoms with Crippen molar-refractivity contribution in [1.29, 1.82) is 0 Å². The van der Waals surface area contributed by atoms with Crippen LogP contribution >= 0.6 is 11.3 Å². The molecule has 0 bridgehead atoms. The van der Waals surface area contributed by atoms with Gasteiger partial charge >= 0.3 is 0 Å². The molecule has 0 aliphatic carbocycles. The van der Waals surface area contributed by atoms with Crippen LogP contribution in [0.2, 0.25) is 0 Å². The lowest BCUT2D eigenvalue weighted by Crippen LogP contribution is -2.20. The highest BCUT2D eigenvalue weighted by Gasteiger charge is 2.10. The third-order valence-corrected chi connectivity index (χ3v) is 4.34. The van der Waals surface area contributed by atoms with Gasteiger partial charge in [-0.05, 0) is 26.0 Å². The number of rotatable bonds is 4. The highest BCUT2D eigenvalue weighted by atomic mass is 32.1. The van der Waals surface area contributed by atoms with Crippen LogP contribution in [0.1, 0.15) is 29.4 Å². The van der Waals surface area contributed by atoms with Crippen LogP contribution < -0.4 is 10.7 Å². The maximum absolute atomic E-state index is 13.8. The Labute approximate surface area is 131 Å². The first kappa shape index (κ1) is 14.9. The summed E-state index contributed by atoms with van der Waals surface area (Å²) < 4.78 is 13.8. The van der Waals surface area contributed by atoms with Crippen molar-refractivity contribution in [2.75, 3.05) is 0 Å². The van der Waals surface area contributed by atoms with Crippen LogP contribution in [0.15, 0.2) is 34.4 Å². The molecule has 6 heteroatoms. The van der Waals surface area contributed by atoms with Crippen molar-refractivity contribution in [3.05, 3.63) is 62.1 Å². The van der Waals surface area contributed by atoms with Gasteiger partial charge in [0.15, 0.2) is 5.43 Å². The first-order valence-corrected chi connectivity index (χ1v) is 7.88. The molecular weight excluding hydrogens is 301 g/mol. The van der Waals surface area contributed by atoms with Gasteiger partial charge < -0.3 is 10.3 Å². The van der Waals surface area contributed by atoms with Crippen LogP contribution in [0.5, 0.6) is 0 Å². The van der Waals surface area contributed by atoms with E-state index in [1.54, 1.807) is 17.4 Å². The highest BCUT2D eigenvalue weighted by Crippen LogP contribution is 2.17. The van der Waals surface area contributed by atoms with Gasteiger partial charge in [-0.3, -0.25) is 4.79 Å². The van der Waals surface area contributed by atoms with Crippen LogP contribution in [0.3, 0.4) is 0 Å². The number of thiazole rings is 1. The molecule has 0 aliphatic heterocycles. The van der Waals surface area contributed by atoms with Crippen LogP contribution in [-0.2, 0) is 6.54 Å². The largest absolute Gasteiger partial charge is 0.355 e. The van der Waals surface area contributed by atoms with Crippen molar-refractivity contribution >= 4 is 22.2 Å². The number of aromatic nitrogens is 2. The number of nitrogens with zero attached hydrogens (tertiary/aromatic N) is 1. The second kappa shape index (κ2) is 5.98. The minimum absolute atomic E-state index is 0.0600. The molecule has 0 amide bonds. The molecule has 3 aromatic rings. The molecule has 3 rings (SSSR count). The number of hydrogen-bond acceptors (Lipinski definition) is 4. The molecule has 0 spiro atoms. The van der Waals surface area contributed by atoms with E-state index in [0.717, 1.165) is 10.7 Å².